The highest BCUT2D eigenvalue weighted by Gasteiger charge is 2.24. The number of aryl methyl sites for hydroxylation is 2. The second-order valence-electron chi connectivity index (χ2n) is 7.78. The summed E-state index contributed by atoms with van der Waals surface area (Å²) in [6.07, 6.45) is 3.05. The first-order chi connectivity index (χ1) is 16.4. The number of hydrogen-bond acceptors (Lipinski definition) is 5. The zero-order valence-corrected chi connectivity index (χ0v) is 20.6. The topological polar surface area (TPSA) is 80.3 Å². The normalized spacial score (nSPS) is 11.5. The van der Waals surface area contributed by atoms with E-state index in [-0.39, 0.29) is 22.0 Å². The lowest BCUT2D eigenvalue weighted by Gasteiger charge is -2.18. The number of amides is 1. The maximum Gasteiger partial charge on any atom is 0.328 e. The molecule has 0 aliphatic heterocycles. The first-order valence-corrected chi connectivity index (χ1v) is 11.7. The fourth-order valence-electron chi connectivity index (χ4n) is 3.59. The third-order valence-corrected chi connectivity index (χ3v) is 6.03. The standard InChI is InChI=1S/C26H27Cl2N3O3/c1-29-23-11-4-8-19(30-23)7-3-6-17-12-14-18(15-13-17)16-22(26(33)34-2)31-25(32)24-20(27)9-5-10-21(24)28/h4-5,8-15,22H,3,6-7,16H2,1-2H3,(H,29,30)(H,31,32)/t22-/m0/s1. The van der Waals surface area contributed by atoms with Gasteiger partial charge in [-0.3, -0.25) is 4.79 Å². The molecule has 2 aromatic carbocycles. The molecule has 1 atom stereocenters. The lowest BCUT2D eigenvalue weighted by Crippen LogP contribution is -2.43. The number of pyridine rings is 1. The molecule has 0 aliphatic rings. The van der Waals surface area contributed by atoms with Crippen molar-refractivity contribution in [1.82, 2.24) is 10.3 Å². The van der Waals surface area contributed by atoms with Crippen molar-refractivity contribution in [2.75, 3.05) is 19.5 Å². The van der Waals surface area contributed by atoms with E-state index < -0.39 is 17.9 Å². The van der Waals surface area contributed by atoms with Crippen LogP contribution in [-0.4, -0.2) is 37.1 Å². The van der Waals surface area contributed by atoms with Gasteiger partial charge in [0.25, 0.3) is 5.91 Å². The van der Waals surface area contributed by atoms with Crippen molar-refractivity contribution in [2.24, 2.45) is 0 Å². The Kier molecular flexibility index (Phi) is 9.31. The summed E-state index contributed by atoms with van der Waals surface area (Å²) in [5.74, 6) is -0.207. The van der Waals surface area contributed by atoms with Gasteiger partial charge in [-0.15, -0.1) is 0 Å². The molecule has 6 nitrogen and oxygen atoms in total. The minimum atomic E-state index is -0.874. The Bertz CT molecular complexity index is 1120. The zero-order chi connectivity index (χ0) is 24.5. The van der Waals surface area contributed by atoms with Gasteiger partial charge in [-0.1, -0.05) is 59.6 Å². The molecular weight excluding hydrogens is 473 g/mol. The Hall–Kier alpha value is -3.09. The third kappa shape index (κ3) is 6.95. The molecule has 34 heavy (non-hydrogen) atoms. The van der Waals surface area contributed by atoms with Crippen LogP contribution in [0.25, 0.3) is 0 Å². The van der Waals surface area contributed by atoms with Crippen LogP contribution in [0.4, 0.5) is 5.82 Å². The summed E-state index contributed by atoms with van der Waals surface area (Å²) >= 11 is 12.3. The van der Waals surface area contributed by atoms with Crippen molar-refractivity contribution in [3.63, 3.8) is 0 Å². The lowest BCUT2D eigenvalue weighted by molar-refractivity contribution is -0.142. The Morgan fingerprint density at radius 1 is 0.941 bits per heavy atom. The Morgan fingerprint density at radius 3 is 2.24 bits per heavy atom. The average molecular weight is 500 g/mol. The molecule has 0 unspecified atom stereocenters. The van der Waals surface area contributed by atoms with Crippen LogP contribution in [0.3, 0.4) is 0 Å². The Morgan fingerprint density at radius 2 is 1.59 bits per heavy atom. The number of aromatic nitrogens is 1. The second kappa shape index (κ2) is 12.4. The van der Waals surface area contributed by atoms with Gasteiger partial charge in [0.2, 0.25) is 0 Å². The van der Waals surface area contributed by atoms with Crippen molar-refractivity contribution in [1.29, 1.82) is 0 Å². The lowest BCUT2D eigenvalue weighted by atomic mass is 10.0. The van der Waals surface area contributed by atoms with Gasteiger partial charge in [-0.25, -0.2) is 9.78 Å². The molecule has 0 radical (unpaired) electrons. The molecule has 0 spiro atoms. The molecule has 0 fully saturated rings. The molecule has 1 aromatic heterocycles. The summed E-state index contributed by atoms with van der Waals surface area (Å²) < 4.78 is 4.89. The Labute approximate surface area is 209 Å². The molecule has 1 heterocycles. The maximum atomic E-state index is 12.7. The van der Waals surface area contributed by atoms with Gasteiger partial charge in [0.05, 0.1) is 22.7 Å². The first kappa shape index (κ1) is 25.5. The van der Waals surface area contributed by atoms with Crippen LogP contribution in [0.15, 0.2) is 60.7 Å². The predicted molar refractivity (Wildman–Crippen MR) is 136 cm³/mol. The van der Waals surface area contributed by atoms with Gasteiger partial charge in [0, 0.05) is 19.2 Å². The molecule has 0 bridgehead atoms. The number of anilines is 1. The maximum absolute atomic E-state index is 12.7. The van der Waals surface area contributed by atoms with Crippen LogP contribution in [0, 0.1) is 0 Å². The molecule has 0 saturated heterocycles. The van der Waals surface area contributed by atoms with Crippen LogP contribution in [0.5, 0.6) is 0 Å². The average Bonchev–Trinajstić information content (AvgIpc) is 2.84. The fourth-order valence-corrected chi connectivity index (χ4v) is 4.16. The van der Waals surface area contributed by atoms with Gasteiger partial charge in [-0.05, 0) is 54.7 Å². The molecule has 2 N–H and O–H groups in total. The number of hydrogen-bond donors (Lipinski definition) is 2. The highest BCUT2D eigenvalue weighted by atomic mass is 35.5. The van der Waals surface area contributed by atoms with E-state index in [9.17, 15) is 9.59 Å². The summed E-state index contributed by atoms with van der Waals surface area (Å²) in [5, 5.41) is 6.18. The van der Waals surface area contributed by atoms with E-state index in [0.29, 0.717) is 0 Å². The summed E-state index contributed by atoms with van der Waals surface area (Å²) in [5.41, 5.74) is 3.27. The summed E-state index contributed by atoms with van der Waals surface area (Å²) in [7, 11) is 3.14. The van der Waals surface area contributed by atoms with E-state index >= 15 is 0 Å². The number of halogens is 2. The zero-order valence-electron chi connectivity index (χ0n) is 19.1. The largest absolute Gasteiger partial charge is 0.467 e. The van der Waals surface area contributed by atoms with Crippen LogP contribution in [-0.2, 0) is 28.8 Å². The number of rotatable bonds is 10. The SMILES string of the molecule is CNc1cccc(CCCc2ccc(C[C@H](NC(=O)c3c(Cl)cccc3Cl)C(=O)OC)cc2)n1. The molecular formula is C26H27Cl2N3O3. The smallest absolute Gasteiger partial charge is 0.328 e. The van der Waals surface area contributed by atoms with Crippen molar-refractivity contribution < 1.29 is 14.3 Å². The molecule has 178 valence electrons. The highest BCUT2D eigenvalue weighted by Crippen LogP contribution is 2.24. The summed E-state index contributed by atoms with van der Waals surface area (Å²) in [6, 6.07) is 17.9. The van der Waals surface area contributed by atoms with Gasteiger partial charge in [-0.2, -0.15) is 0 Å². The quantitative estimate of drug-likeness (QED) is 0.378. The highest BCUT2D eigenvalue weighted by molar-refractivity contribution is 6.39. The third-order valence-electron chi connectivity index (χ3n) is 5.40. The van der Waals surface area contributed by atoms with Crippen LogP contribution >= 0.6 is 23.2 Å². The number of carbonyl (C=O) groups is 2. The number of esters is 1. The second-order valence-corrected chi connectivity index (χ2v) is 8.60. The van der Waals surface area contributed by atoms with E-state index in [1.165, 1.54) is 12.7 Å². The number of ether oxygens (including phenoxy) is 1. The van der Waals surface area contributed by atoms with Crippen molar-refractivity contribution in [3.05, 3.63) is 93.1 Å². The number of benzene rings is 2. The molecule has 8 heteroatoms. The number of methoxy groups -OCH3 is 1. The van der Waals surface area contributed by atoms with E-state index in [2.05, 4.69) is 15.6 Å². The van der Waals surface area contributed by atoms with Crippen molar-refractivity contribution in [2.45, 2.75) is 31.7 Å². The van der Waals surface area contributed by atoms with Crippen LogP contribution in [0.2, 0.25) is 10.0 Å². The molecule has 3 aromatic rings. The minimum absolute atomic E-state index is 0.129. The fraction of sp³-hybridized carbons (Fsp3) is 0.269. The summed E-state index contributed by atoms with van der Waals surface area (Å²) in [4.78, 5) is 29.6. The van der Waals surface area contributed by atoms with Crippen molar-refractivity contribution in [3.8, 4) is 0 Å². The van der Waals surface area contributed by atoms with Crippen LogP contribution < -0.4 is 10.6 Å². The molecule has 3 rings (SSSR count). The number of nitrogens with one attached hydrogen (secondary N) is 2. The van der Waals surface area contributed by atoms with Crippen molar-refractivity contribution >= 4 is 40.9 Å². The summed E-state index contributed by atoms with van der Waals surface area (Å²) in [6.45, 7) is 0. The minimum Gasteiger partial charge on any atom is -0.467 e. The van der Waals surface area contributed by atoms with E-state index in [1.807, 2.05) is 49.5 Å². The van der Waals surface area contributed by atoms with Crippen LogP contribution in [0.1, 0.15) is 33.6 Å². The Balaban J connectivity index is 1.60. The number of carbonyl (C=O) groups excluding carboxylic acids is 2. The molecule has 0 aliphatic carbocycles. The first-order valence-electron chi connectivity index (χ1n) is 11.0. The van der Waals surface area contributed by atoms with Gasteiger partial charge in [0.15, 0.2) is 0 Å². The number of nitrogens with zero attached hydrogens (tertiary/aromatic N) is 1. The molecule has 0 saturated carbocycles. The van der Waals surface area contributed by atoms with Gasteiger partial charge < -0.3 is 15.4 Å². The van der Waals surface area contributed by atoms with E-state index in [0.717, 1.165) is 36.3 Å². The molecule has 1 amide bonds. The van der Waals surface area contributed by atoms with Gasteiger partial charge in [0.1, 0.15) is 11.9 Å². The van der Waals surface area contributed by atoms with E-state index in [1.54, 1.807) is 18.2 Å². The monoisotopic (exact) mass is 499 g/mol. The predicted octanol–water partition coefficient (Wildman–Crippen LogP) is 5.12. The van der Waals surface area contributed by atoms with E-state index in [4.69, 9.17) is 27.9 Å². The van der Waals surface area contributed by atoms with Gasteiger partial charge >= 0.3 is 5.97 Å².